The highest BCUT2D eigenvalue weighted by Crippen LogP contribution is 2.32. The third kappa shape index (κ3) is 2.84. The minimum absolute atomic E-state index is 0.576. The Bertz CT molecular complexity index is 1010. The molecule has 0 aliphatic heterocycles. The second-order valence-electron chi connectivity index (χ2n) is 6.39. The third-order valence-electron chi connectivity index (χ3n) is 4.59. The summed E-state index contributed by atoms with van der Waals surface area (Å²) in [6.45, 7) is 0.576. The van der Waals surface area contributed by atoms with Crippen molar-refractivity contribution in [1.29, 1.82) is 0 Å². The molecule has 0 N–H and O–H groups in total. The van der Waals surface area contributed by atoms with Crippen molar-refractivity contribution in [3.05, 3.63) is 59.3 Å². The Morgan fingerprint density at radius 1 is 1.19 bits per heavy atom. The summed E-state index contributed by atoms with van der Waals surface area (Å²) in [5.41, 5.74) is 2.99. The van der Waals surface area contributed by atoms with Crippen molar-refractivity contribution in [2.75, 3.05) is 0 Å². The number of hydrogen-bond acceptors (Lipinski definition) is 6. The predicted molar refractivity (Wildman–Crippen MR) is 98.8 cm³/mol. The first-order chi connectivity index (χ1) is 12.9. The standard InChI is InChI=1S/C19H17N5OS/c1-2-6-17-15(5-1)22-19(26-17)18-21-8-9-24(18)12-14-10-16(23-25-14)13-4-3-7-20-11-13/h3-4,7-11H,1-2,5-6,12H2. The molecule has 0 bridgehead atoms. The molecule has 1 aliphatic carbocycles. The van der Waals surface area contributed by atoms with Crippen molar-refractivity contribution in [3.8, 4) is 22.1 Å². The largest absolute Gasteiger partial charge is 0.359 e. The van der Waals surface area contributed by atoms with Crippen LogP contribution in [-0.4, -0.2) is 24.7 Å². The van der Waals surface area contributed by atoms with E-state index in [0.717, 1.165) is 40.7 Å². The average Bonchev–Trinajstić information content (AvgIpc) is 3.41. The summed E-state index contributed by atoms with van der Waals surface area (Å²) < 4.78 is 7.59. The maximum Gasteiger partial charge on any atom is 0.169 e. The normalized spacial score (nSPS) is 13.7. The molecule has 7 heteroatoms. The van der Waals surface area contributed by atoms with Crippen LogP contribution in [0, 0.1) is 0 Å². The fourth-order valence-corrected chi connectivity index (χ4v) is 4.45. The summed E-state index contributed by atoms with van der Waals surface area (Å²) in [6, 6.07) is 5.81. The smallest absolute Gasteiger partial charge is 0.169 e. The van der Waals surface area contributed by atoms with Crippen molar-refractivity contribution in [3.63, 3.8) is 0 Å². The maximum atomic E-state index is 5.52. The molecule has 6 nitrogen and oxygen atoms in total. The van der Waals surface area contributed by atoms with Crippen LogP contribution in [0.1, 0.15) is 29.2 Å². The molecule has 26 heavy (non-hydrogen) atoms. The van der Waals surface area contributed by atoms with Gasteiger partial charge in [0, 0.05) is 41.3 Å². The highest BCUT2D eigenvalue weighted by atomic mass is 32.1. The van der Waals surface area contributed by atoms with Gasteiger partial charge < -0.3 is 9.09 Å². The lowest BCUT2D eigenvalue weighted by Gasteiger charge is -2.06. The monoisotopic (exact) mass is 363 g/mol. The van der Waals surface area contributed by atoms with E-state index in [4.69, 9.17) is 9.51 Å². The number of rotatable bonds is 4. The molecular formula is C19H17N5OS. The lowest BCUT2D eigenvalue weighted by Crippen LogP contribution is -2.01. The first-order valence-electron chi connectivity index (χ1n) is 8.73. The molecule has 0 aromatic carbocycles. The Balaban J connectivity index is 1.42. The van der Waals surface area contributed by atoms with Gasteiger partial charge in [0.05, 0.1) is 12.2 Å². The number of pyridine rings is 1. The molecule has 0 spiro atoms. The van der Waals surface area contributed by atoms with Gasteiger partial charge in [-0.3, -0.25) is 4.98 Å². The van der Waals surface area contributed by atoms with Gasteiger partial charge >= 0.3 is 0 Å². The van der Waals surface area contributed by atoms with E-state index >= 15 is 0 Å². The van der Waals surface area contributed by atoms with E-state index in [1.165, 1.54) is 23.4 Å². The van der Waals surface area contributed by atoms with Crippen molar-refractivity contribution < 1.29 is 4.52 Å². The number of imidazole rings is 1. The third-order valence-corrected chi connectivity index (χ3v) is 5.75. The molecule has 4 aromatic rings. The van der Waals surface area contributed by atoms with Crippen LogP contribution in [0.4, 0.5) is 0 Å². The number of aryl methyl sites for hydroxylation is 2. The van der Waals surface area contributed by atoms with E-state index in [0.29, 0.717) is 6.54 Å². The van der Waals surface area contributed by atoms with E-state index in [9.17, 15) is 0 Å². The number of hydrogen-bond donors (Lipinski definition) is 0. The quantitative estimate of drug-likeness (QED) is 0.548. The second-order valence-corrected chi connectivity index (χ2v) is 7.48. The zero-order chi connectivity index (χ0) is 17.3. The van der Waals surface area contributed by atoms with E-state index in [1.807, 2.05) is 30.6 Å². The van der Waals surface area contributed by atoms with Gasteiger partial charge in [-0.15, -0.1) is 11.3 Å². The molecule has 0 fully saturated rings. The minimum Gasteiger partial charge on any atom is -0.359 e. The summed E-state index contributed by atoms with van der Waals surface area (Å²) in [6.07, 6.45) is 12.0. The lowest BCUT2D eigenvalue weighted by atomic mass is 10.0. The first kappa shape index (κ1) is 15.5. The van der Waals surface area contributed by atoms with Crippen molar-refractivity contribution in [1.82, 2.24) is 24.7 Å². The topological polar surface area (TPSA) is 69.6 Å². The van der Waals surface area contributed by atoms with Gasteiger partial charge in [0.15, 0.2) is 16.6 Å². The molecule has 0 atom stereocenters. The summed E-state index contributed by atoms with van der Waals surface area (Å²) >= 11 is 1.77. The van der Waals surface area contributed by atoms with E-state index in [-0.39, 0.29) is 0 Å². The van der Waals surface area contributed by atoms with Gasteiger partial charge in [-0.2, -0.15) is 0 Å². The fraction of sp³-hybridized carbons (Fsp3) is 0.263. The highest BCUT2D eigenvalue weighted by molar-refractivity contribution is 7.15. The van der Waals surface area contributed by atoms with Crippen molar-refractivity contribution in [2.45, 2.75) is 32.2 Å². The Morgan fingerprint density at radius 3 is 3.04 bits per heavy atom. The summed E-state index contributed by atoms with van der Waals surface area (Å²) in [5, 5.41) is 5.15. The zero-order valence-corrected chi connectivity index (χ0v) is 14.9. The Morgan fingerprint density at radius 2 is 2.15 bits per heavy atom. The molecule has 0 unspecified atom stereocenters. The van der Waals surface area contributed by atoms with Gasteiger partial charge in [0.25, 0.3) is 0 Å². The van der Waals surface area contributed by atoms with Crippen molar-refractivity contribution >= 4 is 11.3 Å². The van der Waals surface area contributed by atoms with Crippen LogP contribution in [0.15, 0.2) is 47.5 Å². The first-order valence-corrected chi connectivity index (χ1v) is 9.54. The molecule has 0 saturated heterocycles. The molecule has 0 saturated carbocycles. The van der Waals surface area contributed by atoms with Crippen molar-refractivity contribution in [2.24, 2.45) is 0 Å². The van der Waals surface area contributed by atoms with E-state index < -0.39 is 0 Å². The summed E-state index contributed by atoms with van der Waals surface area (Å²) in [5.74, 6) is 1.67. The van der Waals surface area contributed by atoms with Gasteiger partial charge in [-0.25, -0.2) is 9.97 Å². The SMILES string of the molecule is c1cncc(-c2cc(Cn3ccnc3-c3nc4c(s3)CCCC4)on2)c1. The van der Waals surface area contributed by atoms with E-state index in [2.05, 4.69) is 19.7 Å². The number of nitrogens with zero attached hydrogens (tertiary/aromatic N) is 5. The van der Waals surface area contributed by atoms with Crippen LogP contribution < -0.4 is 0 Å². The molecule has 0 amide bonds. The molecule has 5 rings (SSSR count). The second kappa shape index (κ2) is 6.49. The number of thiazole rings is 1. The van der Waals surface area contributed by atoms with Crippen LogP contribution in [0.3, 0.4) is 0 Å². The molecule has 130 valence electrons. The van der Waals surface area contributed by atoms with Crippen LogP contribution >= 0.6 is 11.3 Å². The maximum absolute atomic E-state index is 5.52. The molecule has 0 radical (unpaired) electrons. The Kier molecular flexibility index (Phi) is 3.86. The van der Waals surface area contributed by atoms with Gasteiger partial charge in [-0.1, -0.05) is 5.16 Å². The Labute approximate surface area is 154 Å². The van der Waals surface area contributed by atoms with Crippen LogP contribution in [-0.2, 0) is 19.4 Å². The van der Waals surface area contributed by atoms with Gasteiger partial charge in [-0.05, 0) is 37.8 Å². The van der Waals surface area contributed by atoms with Crippen LogP contribution in [0.5, 0.6) is 0 Å². The van der Waals surface area contributed by atoms with Gasteiger partial charge in [0.1, 0.15) is 5.69 Å². The fourth-order valence-electron chi connectivity index (χ4n) is 3.29. The minimum atomic E-state index is 0.576. The zero-order valence-electron chi connectivity index (χ0n) is 14.1. The molecule has 4 heterocycles. The van der Waals surface area contributed by atoms with Crippen LogP contribution in [0.2, 0.25) is 0 Å². The number of aromatic nitrogens is 5. The molecule has 1 aliphatic rings. The predicted octanol–water partition coefficient (Wildman–Crippen LogP) is 3.98. The molecular weight excluding hydrogens is 346 g/mol. The molecule has 4 aromatic heterocycles. The van der Waals surface area contributed by atoms with Crippen LogP contribution in [0.25, 0.3) is 22.1 Å². The van der Waals surface area contributed by atoms with Gasteiger partial charge in [0.2, 0.25) is 0 Å². The number of fused-ring (bicyclic) bond motifs is 1. The Hall–Kier alpha value is -2.80. The van der Waals surface area contributed by atoms with E-state index in [1.54, 1.807) is 23.7 Å². The summed E-state index contributed by atoms with van der Waals surface area (Å²) in [7, 11) is 0. The highest BCUT2D eigenvalue weighted by Gasteiger charge is 2.19. The summed E-state index contributed by atoms with van der Waals surface area (Å²) in [4.78, 5) is 14.9. The average molecular weight is 363 g/mol. The lowest BCUT2D eigenvalue weighted by molar-refractivity contribution is 0.378.